The number of hydrogen-bond acceptors (Lipinski definition) is 2. The van der Waals surface area contributed by atoms with Crippen molar-refractivity contribution >= 4 is 34.8 Å². The largest absolute Gasteiger partial charge is 0.416 e. The molecule has 2 aromatic rings. The van der Waals surface area contributed by atoms with E-state index in [-0.39, 0.29) is 10.7 Å². The molecule has 0 bridgehead atoms. The highest BCUT2D eigenvalue weighted by atomic mass is 35.5. The molecule has 0 saturated heterocycles. The van der Waals surface area contributed by atoms with E-state index in [2.05, 4.69) is 5.32 Å². The minimum atomic E-state index is -4.59. The van der Waals surface area contributed by atoms with Gasteiger partial charge in [-0.15, -0.1) is 0 Å². The molecule has 0 fully saturated rings. The lowest BCUT2D eigenvalue weighted by molar-refractivity contribution is -0.137. The summed E-state index contributed by atoms with van der Waals surface area (Å²) in [6, 6.07) is 7.99. The minimum absolute atomic E-state index is 0.0577. The Labute approximate surface area is 159 Å². The number of halogens is 4. The molecule has 0 spiro atoms. The van der Waals surface area contributed by atoms with Crippen LogP contribution in [0.1, 0.15) is 23.6 Å². The summed E-state index contributed by atoms with van der Waals surface area (Å²) < 4.78 is 38.9. The minimum Gasteiger partial charge on any atom is -0.324 e. The van der Waals surface area contributed by atoms with Crippen LogP contribution in [0, 0.1) is 13.8 Å². The standard InChI is InChI=1S/C19H18ClF3N2O2/c1-11-5-4-6-16(12(11)2)24-18(27)10-25(13(3)26)17-9-14(19(21,22)23)7-8-15(17)20/h4-9H,10H2,1-3H3,(H,24,27). The van der Waals surface area contributed by atoms with E-state index in [1.165, 1.54) is 0 Å². The maximum atomic E-state index is 13.0. The van der Waals surface area contributed by atoms with Gasteiger partial charge in [-0.25, -0.2) is 0 Å². The first kappa shape index (κ1) is 20.8. The topological polar surface area (TPSA) is 49.4 Å². The predicted molar refractivity (Wildman–Crippen MR) is 99.0 cm³/mol. The summed E-state index contributed by atoms with van der Waals surface area (Å²) in [4.78, 5) is 25.3. The predicted octanol–water partition coefficient (Wildman–Crippen LogP) is 4.97. The Morgan fingerprint density at radius 1 is 1.15 bits per heavy atom. The normalized spacial score (nSPS) is 11.2. The van der Waals surface area contributed by atoms with Crippen molar-refractivity contribution < 1.29 is 22.8 Å². The number of aryl methyl sites for hydroxylation is 1. The van der Waals surface area contributed by atoms with Gasteiger partial charge in [0, 0.05) is 12.6 Å². The molecular weight excluding hydrogens is 381 g/mol. The molecule has 0 unspecified atom stereocenters. The van der Waals surface area contributed by atoms with Crippen molar-refractivity contribution in [1.29, 1.82) is 0 Å². The van der Waals surface area contributed by atoms with Crippen molar-refractivity contribution in [1.82, 2.24) is 0 Å². The lowest BCUT2D eigenvalue weighted by Gasteiger charge is -2.23. The average molecular weight is 399 g/mol. The van der Waals surface area contributed by atoms with Crippen molar-refractivity contribution in [2.24, 2.45) is 0 Å². The first-order valence-electron chi connectivity index (χ1n) is 8.01. The molecule has 0 aliphatic rings. The second kappa shape index (κ2) is 8.00. The summed E-state index contributed by atoms with van der Waals surface area (Å²) in [5.41, 5.74) is 1.27. The van der Waals surface area contributed by atoms with Crippen molar-refractivity contribution in [3.8, 4) is 0 Å². The zero-order valence-corrected chi connectivity index (χ0v) is 15.7. The van der Waals surface area contributed by atoms with E-state index in [4.69, 9.17) is 11.6 Å². The number of nitrogens with one attached hydrogen (secondary N) is 1. The molecule has 0 saturated carbocycles. The molecule has 2 amide bonds. The number of nitrogens with zero attached hydrogens (tertiary/aromatic N) is 1. The van der Waals surface area contributed by atoms with Crippen LogP contribution in [-0.4, -0.2) is 18.4 Å². The van der Waals surface area contributed by atoms with Gasteiger partial charge >= 0.3 is 6.18 Å². The molecule has 0 aromatic heterocycles. The SMILES string of the molecule is CC(=O)N(CC(=O)Nc1cccc(C)c1C)c1cc(C(F)(F)F)ccc1Cl. The summed E-state index contributed by atoms with van der Waals surface area (Å²) >= 11 is 5.98. The van der Waals surface area contributed by atoms with Crippen LogP contribution in [0.3, 0.4) is 0 Å². The highest BCUT2D eigenvalue weighted by Crippen LogP contribution is 2.35. The van der Waals surface area contributed by atoms with E-state index in [9.17, 15) is 22.8 Å². The molecule has 4 nitrogen and oxygen atoms in total. The van der Waals surface area contributed by atoms with Crippen LogP contribution in [0.4, 0.5) is 24.5 Å². The third-order valence-corrected chi connectivity index (χ3v) is 4.44. The summed E-state index contributed by atoms with van der Waals surface area (Å²) in [5, 5.41) is 2.61. The van der Waals surface area contributed by atoms with Gasteiger partial charge in [0.2, 0.25) is 11.8 Å². The molecule has 2 aromatic carbocycles. The molecule has 0 aliphatic carbocycles. The zero-order chi connectivity index (χ0) is 20.4. The number of alkyl halides is 3. The number of amides is 2. The monoisotopic (exact) mass is 398 g/mol. The molecule has 0 aliphatic heterocycles. The van der Waals surface area contributed by atoms with Crippen LogP contribution in [-0.2, 0) is 15.8 Å². The van der Waals surface area contributed by atoms with E-state index in [1.807, 2.05) is 19.9 Å². The molecule has 2 rings (SSSR count). The van der Waals surface area contributed by atoms with E-state index in [1.54, 1.807) is 12.1 Å². The van der Waals surface area contributed by atoms with Gasteiger partial charge in [-0.05, 0) is 49.2 Å². The molecular formula is C19H18ClF3N2O2. The van der Waals surface area contributed by atoms with Crippen LogP contribution < -0.4 is 10.2 Å². The van der Waals surface area contributed by atoms with Gasteiger partial charge in [-0.1, -0.05) is 23.7 Å². The molecule has 8 heteroatoms. The van der Waals surface area contributed by atoms with Crippen LogP contribution in [0.2, 0.25) is 5.02 Å². The Morgan fingerprint density at radius 2 is 1.81 bits per heavy atom. The fourth-order valence-corrected chi connectivity index (χ4v) is 2.70. The quantitative estimate of drug-likeness (QED) is 0.790. The van der Waals surface area contributed by atoms with Crippen molar-refractivity contribution in [2.45, 2.75) is 26.9 Å². The molecule has 0 atom stereocenters. The Balaban J connectivity index is 2.29. The van der Waals surface area contributed by atoms with Crippen molar-refractivity contribution in [2.75, 3.05) is 16.8 Å². The van der Waals surface area contributed by atoms with Gasteiger partial charge in [0.1, 0.15) is 6.54 Å². The molecule has 0 radical (unpaired) electrons. The van der Waals surface area contributed by atoms with Gasteiger partial charge in [-0.3, -0.25) is 9.59 Å². The third kappa shape index (κ3) is 5.01. The summed E-state index contributed by atoms with van der Waals surface area (Å²) in [5.74, 6) is -1.15. The molecule has 27 heavy (non-hydrogen) atoms. The summed E-state index contributed by atoms with van der Waals surface area (Å²) in [7, 11) is 0. The Hall–Kier alpha value is -2.54. The van der Waals surface area contributed by atoms with Crippen molar-refractivity contribution in [3.05, 3.63) is 58.1 Å². The van der Waals surface area contributed by atoms with Crippen LogP contribution >= 0.6 is 11.6 Å². The summed E-state index contributed by atoms with van der Waals surface area (Å²) in [6.07, 6.45) is -4.59. The number of anilines is 2. The third-order valence-electron chi connectivity index (χ3n) is 4.12. The fourth-order valence-electron chi connectivity index (χ4n) is 2.48. The van der Waals surface area contributed by atoms with Gasteiger partial charge < -0.3 is 10.2 Å². The molecule has 1 N–H and O–H groups in total. The van der Waals surface area contributed by atoms with Gasteiger partial charge in [0.15, 0.2) is 0 Å². The van der Waals surface area contributed by atoms with Crippen LogP contribution in [0.5, 0.6) is 0 Å². The van der Waals surface area contributed by atoms with Gasteiger partial charge in [-0.2, -0.15) is 13.2 Å². The van der Waals surface area contributed by atoms with Gasteiger partial charge in [0.05, 0.1) is 16.3 Å². The van der Waals surface area contributed by atoms with Crippen molar-refractivity contribution in [3.63, 3.8) is 0 Å². The first-order valence-corrected chi connectivity index (χ1v) is 8.39. The van der Waals surface area contributed by atoms with E-state index >= 15 is 0 Å². The number of benzene rings is 2. The molecule has 0 heterocycles. The Kier molecular flexibility index (Phi) is 6.15. The highest BCUT2D eigenvalue weighted by molar-refractivity contribution is 6.34. The zero-order valence-electron chi connectivity index (χ0n) is 14.9. The van der Waals surface area contributed by atoms with Crippen LogP contribution in [0.25, 0.3) is 0 Å². The van der Waals surface area contributed by atoms with Gasteiger partial charge in [0.25, 0.3) is 0 Å². The average Bonchev–Trinajstić information content (AvgIpc) is 2.56. The second-order valence-electron chi connectivity index (χ2n) is 6.06. The first-order chi connectivity index (χ1) is 12.5. The maximum absolute atomic E-state index is 13.0. The van der Waals surface area contributed by atoms with E-state index < -0.39 is 30.1 Å². The second-order valence-corrected chi connectivity index (χ2v) is 6.47. The smallest absolute Gasteiger partial charge is 0.324 e. The number of rotatable bonds is 4. The maximum Gasteiger partial charge on any atom is 0.416 e. The lowest BCUT2D eigenvalue weighted by Crippen LogP contribution is -2.37. The summed E-state index contributed by atoms with van der Waals surface area (Å²) in [6.45, 7) is 4.40. The highest BCUT2D eigenvalue weighted by Gasteiger charge is 2.32. The van der Waals surface area contributed by atoms with E-state index in [0.29, 0.717) is 5.69 Å². The number of carbonyl (C=O) groups is 2. The number of hydrogen-bond donors (Lipinski definition) is 1. The fraction of sp³-hybridized carbons (Fsp3) is 0.263. The Morgan fingerprint density at radius 3 is 2.41 bits per heavy atom. The molecule has 144 valence electrons. The van der Waals surface area contributed by atoms with E-state index in [0.717, 1.165) is 41.1 Å². The Bertz CT molecular complexity index is 882. The van der Waals surface area contributed by atoms with Crippen LogP contribution in [0.15, 0.2) is 36.4 Å². The number of carbonyl (C=O) groups excluding carboxylic acids is 2. The lowest BCUT2D eigenvalue weighted by atomic mass is 10.1.